The van der Waals surface area contributed by atoms with Gasteiger partial charge in [0.2, 0.25) is 10.0 Å². The summed E-state index contributed by atoms with van der Waals surface area (Å²) in [5, 5.41) is 3.00. The van der Waals surface area contributed by atoms with Gasteiger partial charge in [-0.15, -0.1) is 0 Å². The third-order valence-corrected chi connectivity index (χ3v) is 8.16. The fourth-order valence-corrected chi connectivity index (χ4v) is 5.51. The Morgan fingerprint density at radius 3 is 2.28 bits per heavy atom. The number of benzene rings is 1. The fourth-order valence-electron chi connectivity index (χ4n) is 4.61. The predicted molar refractivity (Wildman–Crippen MR) is 109 cm³/mol. The number of rotatable bonds is 7. The van der Waals surface area contributed by atoms with Gasteiger partial charge in [0, 0.05) is 20.1 Å². The van der Waals surface area contributed by atoms with Crippen LogP contribution in [0.4, 0.5) is 0 Å². The van der Waals surface area contributed by atoms with Gasteiger partial charge in [0.05, 0.1) is 10.5 Å². The molecule has 8 heteroatoms. The van der Waals surface area contributed by atoms with Crippen LogP contribution in [0.15, 0.2) is 29.2 Å². The normalized spacial score (nSPS) is 25.6. The third-order valence-electron chi connectivity index (χ3n) is 6.33. The van der Waals surface area contributed by atoms with Crippen molar-refractivity contribution in [3.8, 4) is 0 Å². The molecule has 2 aliphatic carbocycles. The minimum Gasteiger partial charge on any atom is -0.449 e. The Morgan fingerprint density at radius 2 is 1.76 bits per heavy atom. The van der Waals surface area contributed by atoms with Gasteiger partial charge in [-0.05, 0) is 75.1 Å². The molecular formula is C21H30N2O5S. The highest BCUT2D eigenvalue weighted by molar-refractivity contribution is 7.89. The first-order valence-corrected chi connectivity index (χ1v) is 11.6. The first-order chi connectivity index (χ1) is 13.6. The SMILES string of the molecule is C[C@H](OC(=O)c1ccc(S(=O)(=O)N(C)C)cc1)C(=O)N[C@H](C)[C@H]1C[C@H]2CC[C@H]1C2. The maximum Gasteiger partial charge on any atom is 0.338 e. The Bertz CT molecular complexity index is 866. The predicted octanol–water partition coefficient (Wildman–Crippen LogP) is 2.42. The zero-order valence-electron chi connectivity index (χ0n) is 17.4. The van der Waals surface area contributed by atoms with Gasteiger partial charge in [-0.1, -0.05) is 6.42 Å². The van der Waals surface area contributed by atoms with Gasteiger partial charge in [0.25, 0.3) is 5.91 Å². The van der Waals surface area contributed by atoms with Gasteiger partial charge in [-0.25, -0.2) is 17.5 Å². The number of hydrogen-bond acceptors (Lipinski definition) is 5. The number of carbonyl (C=O) groups excluding carboxylic acids is 2. The number of amides is 1. The van der Waals surface area contributed by atoms with Crippen LogP contribution in [0.3, 0.4) is 0 Å². The summed E-state index contributed by atoms with van der Waals surface area (Å²) in [4.78, 5) is 24.9. The van der Waals surface area contributed by atoms with E-state index in [1.807, 2.05) is 6.92 Å². The molecule has 1 amide bonds. The number of hydrogen-bond donors (Lipinski definition) is 1. The van der Waals surface area contributed by atoms with Crippen molar-refractivity contribution in [2.45, 2.75) is 56.6 Å². The zero-order valence-corrected chi connectivity index (χ0v) is 18.2. The van der Waals surface area contributed by atoms with E-state index < -0.39 is 22.1 Å². The summed E-state index contributed by atoms with van der Waals surface area (Å²) < 4.78 is 30.6. The average Bonchev–Trinajstić information content (AvgIpc) is 3.31. The smallest absolute Gasteiger partial charge is 0.338 e. The number of fused-ring (bicyclic) bond motifs is 2. The summed E-state index contributed by atoms with van der Waals surface area (Å²) in [5.41, 5.74) is 0.198. The molecule has 0 spiro atoms. The standard InChI is InChI=1S/C21H30N2O5S/c1-13(19-12-15-5-6-17(19)11-15)22-20(24)14(2)28-21(25)16-7-9-18(10-8-16)29(26,27)23(3)4/h7-10,13-15,17,19H,5-6,11-12H2,1-4H3,(H,22,24)/t13-,14+,15+,17+,19-/m1/s1. The lowest BCUT2D eigenvalue weighted by Gasteiger charge is -2.29. The molecule has 2 aliphatic rings. The average molecular weight is 423 g/mol. The highest BCUT2D eigenvalue weighted by Gasteiger charge is 2.42. The first kappa shape index (κ1) is 21.8. The van der Waals surface area contributed by atoms with E-state index in [9.17, 15) is 18.0 Å². The van der Waals surface area contributed by atoms with Crippen molar-refractivity contribution in [1.82, 2.24) is 9.62 Å². The maximum absolute atomic E-state index is 12.5. The zero-order chi connectivity index (χ0) is 21.3. The number of esters is 1. The minimum atomic E-state index is -3.56. The van der Waals surface area contributed by atoms with Gasteiger partial charge in [0.1, 0.15) is 0 Å². The molecule has 0 aromatic heterocycles. The summed E-state index contributed by atoms with van der Waals surface area (Å²) in [6.45, 7) is 3.58. The number of ether oxygens (including phenoxy) is 1. The van der Waals surface area contributed by atoms with Gasteiger partial charge >= 0.3 is 5.97 Å². The van der Waals surface area contributed by atoms with Crippen LogP contribution in [0.2, 0.25) is 0 Å². The summed E-state index contributed by atoms with van der Waals surface area (Å²) in [5.74, 6) is 1.05. The van der Waals surface area contributed by atoms with Crippen molar-refractivity contribution < 1.29 is 22.7 Å². The fraction of sp³-hybridized carbons (Fsp3) is 0.619. The summed E-state index contributed by atoms with van der Waals surface area (Å²) >= 11 is 0. The van der Waals surface area contributed by atoms with Crippen molar-refractivity contribution in [1.29, 1.82) is 0 Å². The molecule has 2 fully saturated rings. The second-order valence-electron chi connectivity index (χ2n) is 8.50. The van der Waals surface area contributed by atoms with Crippen molar-refractivity contribution in [2.24, 2.45) is 17.8 Å². The molecule has 0 aliphatic heterocycles. The minimum absolute atomic E-state index is 0.0643. The van der Waals surface area contributed by atoms with Crippen LogP contribution in [-0.4, -0.2) is 50.8 Å². The van der Waals surface area contributed by atoms with E-state index in [4.69, 9.17) is 4.74 Å². The van der Waals surface area contributed by atoms with Gasteiger partial charge in [0.15, 0.2) is 6.10 Å². The molecule has 2 bridgehead atoms. The molecule has 0 saturated heterocycles. The molecule has 1 aromatic rings. The van der Waals surface area contributed by atoms with Crippen LogP contribution < -0.4 is 5.32 Å². The second kappa shape index (κ2) is 8.44. The van der Waals surface area contributed by atoms with E-state index in [2.05, 4.69) is 5.32 Å². The number of nitrogens with one attached hydrogen (secondary N) is 1. The van der Waals surface area contributed by atoms with Gasteiger partial charge < -0.3 is 10.1 Å². The van der Waals surface area contributed by atoms with E-state index in [0.717, 1.165) is 10.2 Å². The quantitative estimate of drug-likeness (QED) is 0.681. The number of nitrogens with zero attached hydrogens (tertiary/aromatic N) is 1. The number of sulfonamides is 1. The third kappa shape index (κ3) is 4.64. The molecule has 2 saturated carbocycles. The van der Waals surface area contributed by atoms with Crippen molar-refractivity contribution in [3.63, 3.8) is 0 Å². The Morgan fingerprint density at radius 1 is 1.10 bits per heavy atom. The molecule has 0 unspecified atom stereocenters. The highest BCUT2D eigenvalue weighted by atomic mass is 32.2. The lowest BCUT2D eigenvalue weighted by Crippen LogP contribution is -2.45. The topological polar surface area (TPSA) is 92.8 Å². The Kier molecular flexibility index (Phi) is 6.33. The van der Waals surface area contributed by atoms with Gasteiger partial charge in [-0.2, -0.15) is 0 Å². The molecule has 1 aromatic carbocycles. The highest BCUT2D eigenvalue weighted by Crippen LogP contribution is 2.49. The van der Waals surface area contributed by atoms with Crippen LogP contribution in [0.1, 0.15) is 49.9 Å². The molecule has 160 valence electrons. The molecule has 29 heavy (non-hydrogen) atoms. The van der Waals surface area contributed by atoms with Crippen molar-refractivity contribution >= 4 is 21.9 Å². The molecule has 7 nitrogen and oxygen atoms in total. The number of carbonyl (C=O) groups is 2. The van der Waals surface area contributed by atoms with Crippen LogP contribution >= 0.6 is 0 Å². The Balaban J connectivity index is 1.55. The molecule has 1 N–H and O–H groups in total. The lowest BCUT2D eigenvalue weighted by atomic mass is 9.84. The van der Waals surface area contributed by atoms with Crippen LogP contribution in [0, 0.1) is 17.8 Å². The summed E-state index contributed by atoms with van der Waals surface area (Å²) in [7, 11) is -0.684. The first-order valence-electron chi connectivity index (χ1n) is 10.1. The summed E-state index contributed by atoms with van der Waals surface area (Å²) in [6, 6.07) is 5.55. The second-order valence-corrected chi connectivity index (χ2v) is 10.6. The molecule has 0 radical (unpaired) electrons. The van der Waals surface area contributed by atoms with Crippen molar-refractivity contribution in [3.05, 3.63) is 29.8 Å². The Labute approximate surface area is 172 Å². The molecule has 5 atom stereocenters. The molecule has 0 heterocycles. The van der Waals surface area contributed by atoms with Gasteiger partial charge in [-0.3, -0.25) is 4.79 Å². The van der Waals surface area contributed by atoms with E-state index >= 15 is 0 Å². The monoisotopic (exact) mass is 422 g/mol. The maximum atomic E-state index is 12.5. The molecular weight excluding hydrogens is 392 g/mol. The van der Waals surface area contributed by atoms with E-state index in [1.54, 1.807) is 6.92 Å². The van der Waals surface area contributed by atoms with Crippen LogP contribution in [-0.2, 0) is 19.6 Å². The van der Waals surface area contributed by atoms with E-state index in [1.165, 1.54) is 64.0 Å². The van der Waals surface area contributed by atoms with Crippen molar-refractivity contribution in [2.75, 3.05) is 14.1 Å². The Hall–Kier alpha value is -1.93. The molecule has 3 rings (SSSR count). The van der Waals surface area contributed by atoms with Crippen LogP contribution in [0.5, 0.6) is 0 Å². The lowest BCUT2D eigenvalue weighted by molar-refractivity contribution is -0.130. The largest absolute Gasteiger partial charge is 0.449 e. The van der Waals surface area contributed by atoms with E-state index in [-0.39, 0.29) is 22.4 Å². The summed E-state index contributed by atoms with van der Waals surface area (Å²) in [6.07, 6.45) is 4.08. The van der Waals surface area contributed by atoms with E-state index in [0.29, 0.717) is 11.8 Å². The van der Waals surface area contributed by atoms with Crippen LogP contribution in [0.25, 0.3) is 0 Å².